The SMILES string of the molecule is CC1(C)[C@@H]2CC[C@@]1(S(=O)(=O)[O-])C(=O)C2. The lowest BCUT2D eigenvalue weighted by molar-refractivity contribution is -0.121. The predicted octanol–water partition coefficient (Wildman–Crippen LogP) is 0.679. The lowest BCUT2D eigenvalue weighted by Crippen LogP contribution is -2.50. The van der Waals surface area contributed by atoms with Gasteiger partial charge < -0.3 is 4.55 Å². The van der Waals surface area contributed by atoms with Crippen molar-refractivity contribution in [2.75, 3.05) is 0 Å². The Morgan fingerprint density at radius 3 is 2.21 bits per heavy atom. The van der Waals surface area contributed by atoms with Crippen LogP contribution in [0.5, 0.6) is 0 Å². The Bertz CT molecular complexity index is 395. The molecule has 0 aliphatic heterocycles. The Balaban J connectivity index is 2.68. The van der Waals surface area contributed by atoms with E-state index in [1.165, 1.54) is 0 Å². The maximum Gasteiger partial charge on any atom is 0.153 e. The van der Waals surface area contributed by atoms with Crippen LogP contribution in [0.3, 0.4) is 0 Å². The minimum atomic E-state index is -4.53. The van der Waals surface area contributed by atoms with E-state index in [0.717, 1.165) is 0 Å². The molecule has 14 heavy (non-hydrogen) atoms. The first-order chi connectivity index (χ1) is 6.23. The maximum atomic E-state index is 11.6. The van der Waals surface area contributed by atoms with Crippen molar-refractivity contribution in [3.8, 4) is 0 Å². The van der Waals surface area contributed by atoms with Crippen LogP contribution in [0.4, 0.5) is 0 Å². The van der Waals surface area contributed by atoms with Gasteiger partial charge in [0.15, 0.2) is 5.78 Å². The average Bonchev–Trinajstić information content (AvgIpc) is 2.34. The summed E-state index contributed by atoms with van der Waals surface area (Å²) in [5.41, 5.74) is -0.676. The van der Waals surface area contributed by atoms with Gasteiger partial charge in [0.2, 0.25) is 0 Å². The van der Waals surface area contributed by atoms with E-state index in [2.05, 4.69) is 0 Å². The van der Waals surface area contributed by atoms with E-state index >= 15 is 0 Å². The molecular weight excluding hydrogens is 204 g/mol. The Hall–Kier alpha value is -0.420. The molecule has 2 atom stereocenters. The molecule has 2 aliphatic rings. The van der Waals surface area contributed by atoms with Gasteiger partial charge >= 0.3 is 0 Å². The molecule has 2 rings (SSSR count). The first-order valence-electron chi connectivity index (χ1n) is 4.72. The fourth-order valence-corrected chi connectivity index (χ4v) is 4.76. The Labute approximate surface area is 83.4 Å². The van der Waals surface area contributed by atoms with Gasteiger partial charge in [0, 0.05) is 6.42 Å². The number of hydrogen-bond acceptors (Lipinski definition) is 4. The number of rotatable bonds is 1. The van der Waals surface area contributed by atoms with Gasteiger partial charge in [-0.25, -0.2) is 8.42 Å². The fourth-order valence-electron chi connectivity index (χ4n) is 3.22. The largest absolute Gasteiger partial charge is 0.747 e. The third kappa shape index (κ3) is 0.827. The molecule has 0 spiro atoms. The van der Waals surface area contributed by atoms with Crippen molar-refractivity contribution in [3.05, 3.63) is 0 Å². The van der Waals surface area contributed by atoms with Crippen LogP contribution in [0.1, 0.15) is 33.1 Å². The molecule has 2 fully saturated rings. The summed E-state index contributed by atoms with van der Waals surface area (Å²) >= 11 is 0. The summed E-state index contributed by atoms with van der Waals surface area (Å²) in [5, 5.41) is 0. The van der Waals surface area contributed by atoms with Crippen LogP contribution in [0.2, 0.25) is 0 Å². The third-order valence-corrected chi connectivity index (χ3v) is 6.03. The van der Waals surface area contributed by atoms with Gasteiger partial charge in [-0.1, -0.05) is 13.8 Å². The van der Waals surface area contributed by atoms with Gasteiger partial charge in [-0.15, -0.1) is 0 Å². The molecule has 2 aliphatic carbocycles. The van der Waals surface area contributed by atoms with Crippen LogP contribution in [-0.4, -0.2) is 23.5 Å². The molecule has 0 aromatic rings. The zero-order chi connectivity index (χ0) is 10.8. The monoisotopic (exact) mass is 217 g/mol. The zero-order valence-corrected chi connectivity index (χ0v) is 9.06. The summed E-state index contributed by atoms with van der Waals surface area (Å²) in [6.07, 6.45) is 1.16. The minimum Gasteiger partial charge on any atom is -0.747 e. The van der Waals surface area contributed by atoms with E-state index in [4.69, 9.17) is 0 Å². The van der Waals surface area contributed by atoms with Gasteiger partial charge in [-0.2, -0.15) is 0 Å². The molecule has 0 aromatic heterocycles. The van der Waals surface area contributed by atoms with Crippen molar-refractivity contribution in [3.63, 3.8) is 0 Å². The van der Waals surface area contributed by atoms with Gasteiger partial charge in [0.05, 0.1) is 0 Å². The van der Waals surface area contributed by atoms with E-state index in [0.29, 0.717) is 6.42 Å². The molecular formula is C9H13O4S-. The second-order valence-electron chi connectivity index (χ2n) is 4.87. The highest BCUT2D eigenvalue weighted by atomic mass is 32.2. The van der Waals surface area contributed by atoms with Crippen LogP contribution in [-0.2, 0) is 14.9 Å². The lowest BCUT2D eigenvalue weighted by atomic mass is 9.81. The Morgan fingerprint density at radius 1 is 1.43 bits per heavy atom. The summed E-state index contributed by atoms with van der Waals surface area (Å²) in [5.74, 6) is -0.299. The topological polar surface area (TPSA) is 74.3 Å². The molecule has 0 amide bonds. The number of ketones is 1. The summed E-state index contributed by atoms with van der Waals surface area (Å²) in [6.45, 7) is 3.45. The molecule has 0 saturated heterocycles. The molecule has 2 saturated carbocycles. The first kappa shape index (κ1) is 10.1. The van der Waals surface area contributed by atoms with E-state index in [1.807, 2.05) is 0 Å². The molecule has 2 bridgehead atoms. The number of carbonyl (C=O) groups is 1. The average molecular weight is 217 g/mol. The normalized spacial score (nSPS) is 40.5. The highest BCUT2D eigenvalue weighted by molar-refractivity contribution is 7.88. The second kappa shape index (κ2) is 2.39. The predicted molar refractivity (Wildman–Crippen MR) is 48.6 cm³/mol. The summed E-state index contributed by atoms with van der Waals surface area (Å²) in [6, 6.07) is 0. The summed E-state index contributed by atoms with van der Waals surface area (Å²) < 4.78 is 32.2. The van der Waals surface area contributed by atoms with Crippen molar-refractivity contribution in [1.29, 1.82) is 0 Å². The van der Waals surface area contributed by atoms with E-state index in [9.17, 15) is 17.8 Å². The highest BCUT2D eigenvalue weighted by Gasteiger charge is 2.68. The van der Waals surface area contributed by atoms with Crippen molar-refractivity contribution in [1.82, 2.24) is 0 Å². The molecule has 80 valence electrons. The number of carbonyl (C=O) groups excluding carboxylic acids is 1. The molecule has 0 aromatic carbocycles. The zero-order valence-electron chi connectivity index (χ0n) is 8.24. The van der Waals surface area contributed by atoms with E-state index in [1.54, 1.807) is 13.8 Å². The first-order valence-corrected chi connectivity index (χ1v) is 6.13. The molecule has 4 nitrogen and oxygen atoms in total. The van der Waals surface area contributed by atoms with Crippen LogP contribution < -0.4 is 0 Å². The minimum absolute atomic E-state index is 0.0683. The Morgan fingerprint density at radius 2 is 2.00 bits per heavy atom. The van der Waals surface area contributed by atoms with Crippen LogP contribution in [0, 0.1) is 11.3 Å². The smallest absolute Gasteiger partial charge is 0.153 e. The van der Waals surface area contributed by atoms with Gasteiger partial charge in [-0.05, 0) is 24.2 Å². The van der Waals surface area contributed by atoms with Gasteiger partial charge in [0.1, 0.15) is 14.9 Å². The van der Waals surface area contributed by atoms with Gasteiger partial charge in [-0.3, -0.25) is 4.79 Å². The van der Waals surface area contributed by atoms with Crippen LogP contribution >= 0.6 is 0 Å². The highest BCUT2D eigenvalue weighted by Crippen LogP contribution is 2.61. The number of hydrogen-bond donors (Lipinski definition) is 0. The standard InChI is InChI=1S/C9H14O4S/c1-8(2)6-3-4-9(8,7(10)5-6)14(11,12)13/h6H,3-5H2,1-2H3,(H,11,12,13)/p-1/t6-,9-/m1/s1. The van der Waals surface area contributed by atoms with Crippen LogP contribution in [0.25, 0.3) is 0 Å². The molecule has 0 N–H and O–H groups in total. The van der Waals surface area contributed by atoms with Gasteiger partial charge in [0.25, 0.3) is 0 Å². The van der Waals surface area contributed by atoms with Crippen molar-refractivity contribution < 1.29 is 17.8 Å². The molecule has 0 heterocycles. The third-order valence-electron chi connectivity index (χ3n) is 4.22. The van der Waals surface area contributed by atoms with Crippen molar-refractivity contribution in [2.24, 2.45) is 11.3 Å². The fraction of sp³-hybridized carbons (Fsp3) is 0.889. The lowest BCUT2D eigenvalue weighted by Gasteiger charge is -2.38. The number of Topliss-reactive ketones (excluding diaryl/α,β-unsaturated/α-hetero) is 1. The summed E-state index contributed by atoms with van der Waals surface area (Å²) in [7, 11) is -4.53. The molecule has 5 heteroatoms. The quantitative estimate of drug-likeness (QED) is 0.605. The number of fused-ring (bicyclic) bond motifs is 2. The van der Waals surface area contributed by atoms with E-state index in [-0.39, 0.29) is 24.5 Å². The Kier molecular flexibility index (Phi) is 1.72. The second-order valence-corrected chi connectivity index (χ2v) is 6.47. The van der Waals surface area contributed by atoms with Crippen LogP contribution in [0.15, 0.2) is 0 Å². The molecule has 0 radical (unpaired) electrons. The van der Waals surface area contributed by atoms with Crippen molar-refractivity contribution in [2.45, 2.75) is 37.9 Å². The molecule has 0 unspecified atom stereocenters. The summed E-state index contributed by atoms with van der Waals surface area (Å²) in [4.78, 5) is 11.6. The van der Waals surface area contributed by atoms with E-state index < -0.39 is 20.3 Å². The maximum absolute atomic E-state index is 11.6. The van der Waals surface area contributed by atoms with Crippen molar-refractivity contribution >= 4 is 15.9 Å².